The largest absolute Gasteiger partial charge is 0.378 e. The van der Waals surface area contributed by atoms with Crippen LogP contribution >= 0.6 is 11.5 Å². The van der Waals surface area contributed by atoms with E-state index in [-0.39, 0.29) is 11.8 Å². The van der Waals surface area contributed by atoms with Gasteiger partial charge in [0.1, 0.15) is 5.60 Å². The minimum absolute atomic E-state index is 0.176. The Hall–Kier alpha value is -2.23. The summed E-state index contributed by atoms with van der Waals surface area (Å²) in [5.41, 5.74) is 1.07. The number of rotatable bonds is 4. The van der Waals surface area contributed by atoms with E-state index in [1.54, 1.807) is 38.1 Å². The number of nitrogens with one attached hydrogen (secondary N) is 1. The summed E-state index contributed by atoms with van der Waals surface area (Å²) in [4.78, 5) is 13.3. The maximum atomic E-state index is 12.3. The van der Waals surface area contributed by atoms with E-state index in [0.717, 1.165) is 10.6 Å². The molecule has 0 aliphatic rings. The summed E-state index contributed by atoms with van der Waals surface area (Å²) >= 11 is 1.30. The first kappa shape index (κ1) is 18.1. The molecule has 0 saturated carbocycles. The number of amides is 1. The average Bonchev–Trinajstić information content (AvgIpc) is 2.99. The van der Waals surface area contributed by atoms with Crippen molar-refractivity contribution in [2.45, 2.75) is 45.8 Å². The molecule has 2 aromatic rings. The Labute approximate surface area is 146 Å². The molecule has 24 heavy (non-hydrogen) atoms. The molecule has 0 aliphatic heterocycles. The second-order valence-electron chi connectivity index (χ2n) is 6.31. The lowest BCUT2D eigenvalue weighted by molar-refractivity contribution is 0.0951. The summed E-state index contributed by atoms with van der Waals surface area (Å²) < 4.78 is 3.95. The average molecular weight is 343 g/mol. The zero-order valence-corrected chi connectivity index (χ0v) is 15.1. The Kier molecular flexibility index (Phi) is 5.71. The van der Waals surface area contributed by atoms with Gasteiger partial charge in [-0.05, 0) is 49.5 Å². The van der Waals surface area contributed by atoms with E-state index in [0.29, 0.717) is 17.7 Å². The maximum absolute atomic E-state index is 12.3. The number of carbonyl (C=O) groups excluding carboxylic acids is 1. The van der Waals surface area contributed by atoms with Crippen LogP contribution in [-0.4, -0.2) is 26.2 Å². The SMILES string of the molecule is CC(C)c1nnsc1CNC(=O)c1cccc(C#CC(C)(C)O)c1. The first-order chi connectivity index (χ1) is 11.3. The highest BCUT2D eigenvalue weighted by Crippen LogP contribution is 2.19. The topological polar surface area (TPSA) is 75.1 Å². The molecule has 2 rings (SSSR count). The molecule has 126 valence electrons. The summed E-state index contributed by atoms with van der Waals surface area (Å²) in [6.45, 7) is 7.74. The van der Waals surface area contributed by atoms with Crippen LogP contribution in [0.4, 0.5) is 0 Å². The molecular weight excluding hydrogens is 322 g/mol. The van der Waals surface area contributed by atoms with Crippen molar-refractivity contribution in [3.05, 3.63) is 46.0 Å². The fraction of sp³-hybridized carbons (Fsp3) is 0.389. The molecule has 0 saturated heterocycles. The normalized spacial score (nSPS) is 11.1. The monoisotopic (exact) mass is 343 g/mol. The van der Waals surface area contributed by atoms with Gasteiger partial charge in [-0.25, -0.2) is 0 Å². The lowest BCUT2D eigenvalue weighted by Gasteiger charge is -2.07. The number of aliphatic hydroxyl groups is 1. The van der Waals surface area contributed by atoms with E-state index >= 15 is 0 Å². The van der Waals surface area contributed by atoms with Crippen LogP contribution in [0.15, 0.2) is 24.3 Å². The molecule has 1 aromatic carbocycles. The highest BCUT2D eigenvalue weighted by atomic mass is 32.1. The second-order valence-corrected chi connectivity index (χ2v) is 7.15. The quantitative estimate of drug-likeness (QED) is 0.837. The lowest BCUT2D eigenvalue weighted by Crippen LogP contribution is -2.23. The highest BCUT2D eigenvalue weighted by Gasteiger charge is 2.13. The van der Waals surface area contributed by atoms with Gasteiger partial charge in [0.2, 0.25) is 0 Å². The third-order valence-electron chi connectivity index (χ3n) is 3.18. The number of benzene rings is 1. The number of nitrogens with zero attached hydrogens (tertiary/aromatic N) is 2. The number of hydrogen-bond donors (Lipinski definition) is 2. The van der Waals surface area contributed by atoms with E-state index in [1.165, 1.54) is 11.5 Å². The maximum Gasteiger partial charge on any atom is 0.251 e. The van der Waals surface area contributed by atoms with E-state index in [1.807, 2.05) is 13.8 Å². The highest BCUT2D eigenvalue weighted by molar-refractivity contribution is 7.05. The molecule has 0 radical (unpaired) electrons. The summed E-state index contributed by atoms with van der Waals surface area (Å²) in [5, 5.41) is 16.6. The van der Waals surface area contributed by atoms with E-state index < -0.39 is 5.60 Å². The zero-order chi connectivity index (χ0) is 17.7. The van der Waals surface area contributed by atoms with Crippen LogP contribution in [0.25, 0.3) is 0 Å². The van der Waals surface area contributed by atoms with Crippen LogP contribution in [0, 0.1) is 11.8 Å². The molecule has 0 unspecified atom stereocenters. The Morgan fingerprint density at radius 3 is 2.83 bits per heavy atom. The van der Waals surface area contributed by atoms with Gasteiger partial charge in [0.05, 0.1) is 17.1 Å². The predicted octanol–water partition coefficient (Wildman–Crippen LogP) is 2.71. The Morgan fingerprint density at radius 1 is 1.42 bits per heavy atom. The summed E-state index contributed by atoms with van der Waals surface area (Å²) in [7, 11) is 0. The van der Waals surface area contributed by atoms with Crippen molar-refractivity contribution in [3.8, 4) is 11.8 Å². The third-order valence-corrected chi connectivity index (χ3v) is 3.92. The van der Waals surface area contributed by atoms with Crippen LogP contribution in [0.3, 0.4) is 0 Å². The zero-order valence-electron chi connectivity index (χ0n) is 14.3. The first-order valence-corrected chi connectivity index (χ1v) is 8.48. The molecule has 6 heteroatoms. The molecule has 0 spiro atoms. The van der Waals surface area contributed by atoms with E-state index in [2.05, 4.69) is 26.7 Å². The summed E-state index contributed by atoms with van der Waals surface area (Å²) in [6.07, 6.45) is 0. The molecule has 0 atom stereocenters. The van der Waals surface area contributed by atoms with E-state index in [4.69, 9.17) is 0 Å². The molecule has 5 nitrogen and oxygen atoms in total. The molecule has 2 N–H and O–H groups in total. The van der Waals surface area contributed by atoms with Gasteiger partial charge < -0.3 is 10.4 Å². The molecule has 0 bridgehead atoms. The van der Waals surface area contributed by atoms with Gasteiger partial charge in [0.25, 0.3) is 5.91 Å². The first-order valence-electron chi connectivity index (χ1n) is 7.71. The van der Waals surface area contributed by atoms with Gasteiger partial charge in [-0.2, -0.15) is 0 Å². The Bertz CT molecular complexity index is 779. The summed E-state index contributed by atoms with van der Waals surface area (Å²) in [5.74, 6) is 5.71. The molecular formula is C18H21N3O2S. The Balaban J connectivity index is 2.07. The fourth-order valence-electron chi connectivity index (χ4n) is 2.00. The molecule has 0 fully saturated rings. The van der Waals surface area contributed by atoms with Crippen LogP contribution in [-0.2, 0) is 6.54 Å². The smallest absolute Gasteiger partial charge is 0.251 e. The minimum Gasteiger partial charge on any atom is -0.378 e. The van der Waals surface area contributed by atoms with Gasteiger partial charge in [0, 0.05) is 11.1 Å². The predicted molar refractivity (Wildman–Crippen MR) is 94.8 cm³/mol. The van der Waals surface area contributed by atoms with Crippen molar-refractivity contribution < 1.29 is 9.90 Å². The van der Waals surface area contributed by atoms with Gasteiger partial charge in [-0.15, -0.1) is 5.10 Å². The number of hydrogen-bond acceptors (Lipinski definition) is 5. The fourth-order valence-corrected chi connectivity index (χ4v) is 2.74. The number of aromatic nitrogens is 2. The lowest BCUT2D eigenvalue weighted by atomic mass is 10.1. The van der Waals surface area contributed by atoms with Crippen molar-refractivity contribution in [2.24, 2.45) is 0 Å². The van der Waals surface area contributed by atoms with Crippen LogP contribution in [0.2, 0.25) is 0 Å². The number of carbonyl (C=O) groups is 1. The van der Waals surface area contributed by atoms with Crippen LogP contribution in [0.5, 0.6) is 0 Å². The Morgan fingerprint density at radius 2 is 2.17 bits per heavy atom. The molecule has 1 amide bonds. The van der Waals surface area contributed by atoms with Crippen LogP contribution < -0.4 is 5.32 Å². The van der Waals surface area contributed by atoms with Crippen molar-refractivity contribution in [1.82, 2.24) is 14.9 Å². The third kappa shape index (κ3) is 5.15. The van der Waals surface area contributed by atoms with Crippen molar-refractivity contribution in [1.29, 1.82) is 0 Å². The second kappa shape index (κ2) is 7.56. The summed E-state index contributed by atoms with van der Waals surface area (Å²) in [6, 6.07) is 7.03. The van der Waals surface area contributed by atoms with Gasteiger partial charge in [0.15, 0.2) is 0 Å². The van der Waals surface area contributed by atoms with Gasteiger partial charge in [-0.3, -0.25) is 4.79 Å². The van der Waals surface area contributed by atoms with E-state index in [9.17, 15) is 9.90 Å². The molecule has 0 aliphatic carbocycles. The van der Waals surface area contributed by atoms with Crippen LogP contribution in [0.1, 0.15) is 60.1 Å². The molecule has 1 aromatic heterocycles. The minimum atomic E-state index is -1.06. The van der Waals surface area contributed by atoms with Gasteiger partial charge in [-0.1, -0.05) is 36.2 Å². The molecule has 1 heterocycles. The standard InChI is InChI=1S/C18H21N3O2S/c1-12(2)16-15(24-21-20-16)11-19-17(22)14-7-5-6-13(10-14)8-9-18(3,4)23/h5-7,10,12,23H,11H2,1-4H3,(H,19,22). The van der Waals surface area contributed by atoms with Crippen molar-refractivity contribution >= 4 is 17.4 Å². The van der Waals surface area contributed by atoms with Gasteiger partial charge >= 0.3 is 0 Å². The van der Waals surface area contributed by atoms with Crippen molar-refractivity contribution in [3.63, 3.8) is 0 Å². The van der Waals surface area contributed by atoms with Crippen molar-refractivity contribution in [2.75, 3.05) is 0 Å².